The summed E-state index contributed by atoms with van der Waals surface area (Å²) in [6.07, 6.45) is 13.5. The number of halogens is 2. The minimum Gasteiger partial charge on any atom is -0.508 e. The molecule has 2 aromatic carbocycles. The van der Waals surface area contributed by atoms with Crippen LogP contribution in [0.5, 0.6) is 11.8 Å². The van der Waals surface area contributed by atoms with Gasteiger partial charge in [-0.15, -0.1) is 0 Å². The molecule has 294 valence electrons. The number of fused-ring (bicyclic) bond motifs is 3. The molecule has 3 aliphatic heterocycles. The predicted octanol–water partition coefficient (Wildman–Crippen LogP) is 7.34. The van der Waals surface area contributed by atoms with Gasteiger partial charge < -0.3 is 29.3 Å². The number of phenols is 1. The Kier molecular flexibility index (Phi) is 9.62. The summed E-state index contributed by atoms with van der Waals surface area (Å²) in [6.45, 7) is 8.03. The second-order valence-electron chi connectivity index (χ2n) is 17.4. The zero-order valence-corrected chi connectivity index (χ0v) is 32.1. The fourth-order valence-corrected chi connectivity index (χ4v) is 10.9. The Bertz CT molecular complexity index is 2080. The molecule has 0 radical (unpaired) electrons. The number of nitrogens with zero attached hydrogens (tertiary/aromatic N) is 5. The molecule has 2 aliphatic carbocycles. The van der Waals surface area contributed by atoms with E-state index in [1.165, 1.54) is 50.4 Å². The van der Waals surface area contributed by atoms with E-state index in [2.05, 4.69) is 9.88 Å². The number of likely N-dealkylation sites (tertiary alicyclic amines) is 1. The van der Waals surface area contributed by atoms with Gasteiger partial charge in [0.05, 0.1) is 38.4 Å². The average Bonchev–Trinajstić information content (AvgIpc) is 3.78. The summed E-state index contributed by atoms with van der Waals surface area (Å²) in [7, 11) is 0. The highest BCUT2D eigenvalue weighted by Crippen LogP contribution is 2.52. The van der Waals surface area contributed by atoms with E-state index < -0.39 is 17.2 Å². The standard InChI is InChI=1S/C43H53F2N5O5/c1-3-30-33(44)8-7-27-20-29(51)21-31(35(27)30)37-36(45)38-32(22-46-37)39(49-17-19-54-24-41(2,52)23-49)48-40(47-38)55-26-43-11-4-6-34(43)50(16-5-12-43)28-9-13-42(14-10-28)15-18-53-25-42/h7-8,20-22,28,34,51-52H,3-6,9-19,23-26H2,1-2H3/t28?,34-,41+,42?,43-/m1/s1. The van der Waals surface area contributed by atoms with Crippen LogP contribution in [-0.4, -0.2) is 100 Å². The van der Waals surface area contributed by atoms with Crippen LogP contribution in [0.3, 0.4) is 0 Å². The van der Waals surface area contributed by atoms with Gasteiger partial charge in [-0.25, -0.2) is 8.78 Å². The molecular weight excluding hydrogens is 704 g/mol. The van der Waals surface area contributed by atoms with E-state index in [4.69, 9.17) is 24.2 Å². The number of aromatic nitrogens is 3. The lowest BCUT2D eigenvalue weighted by Crippen LogP contribution is -2.56. The molecule has 12 heteroatoms. The van der Waals surface area contributed by atoms with E-state index >= 15 is 8.78 Å². The van der Waals surface area contributed by atoms with Crippen molar-refractivity contribution >= 4 is 27.5 Å². The largest absolute Gasteiger partial charge is 0.508 e. The summed E-state index contributed by atoms with van der Waals surface area (Å²) in [5, 5.41) is 23.3. The van der Waals surface area contributed by atoms with Gasteiger partial charge in [-0.3, -0.25) is 9.88 Å². The lowest BCUT2D eigenvalue weighted by molar-refractivity contribution is -0.0405. The highest BCUT2D eigenvalue weighted by molar-refractivity contribution is 6.01. The van der Waals surface area contributed by atoms with Gasteiger partial charge in [0.2, 0.25) is 0 Å². The van der Waals surface area contributed by atoms with E-state index in [1.54, 1.807) is 19.1 Å². The van der Waals surface area contributed by atoms with Crippen molar-refractivity contribution in [2.45, 2.75) is 102 Å². The van der Waals surface area contributed by atoms with Gasteiger partial charge in [0.25, 0.3) is 0 Å². The number of aliphatic hydroxyl groups is 1. The second-order valence-corrected chi connectivity index (χ2v) is 17.4. The molecular formula is C43H53F2N5O5. The number of anilines is 1. The molecule has 2 saturated carbocycles. The molecule has 55 heavy (non-hydrogen) atoms. The molecule has 5 aliphatic rings. The molecule has 3 atom stereocenters. The number of β-amino-alcohol motifs (C(OH)–C–C–N with tert-alkyl or cyclic N) is 1. The van der Waals surface area contributed by atoms with Crippen LogP contribution >= 0.6 is 0 Å². The Morgan fingerprint density at radius 1 is 0.964 bits per heavy atom. The molecule has 0 amide bonds. The lowest BCUT2D eigenvalue weighted by atomic mass is 9.69. The topological polar surface area (TPSA) is 113 Å². The van der Waals surface area contributed by atoms with E-state index in [1.807, 2.05) is 11.8 Å². The van der Waals surface area contributed by atoms with Gasteiger partial charge in [-0.1, -0.05) is 19.4 Å². The van der Waals surface area contributed by atoms with E-state index in [0.29, 0.717) is 71.2 Å². The minimum absolute atomic E-state index is 0.0125. The molecule has 3 saturated heterocycles. The van der Waals surface area contributed by atoms with Crippen LogP contribution in [0.25, 0.3) is 32.9 Å². The van der Waals surface area contributed by atoms with Gasteiger partial charge in [0, 0.05) is 42.4 Å². The second kappa shape index (κ2) is 14.3. The summed E-state index contributed by atoms with van der Waals surface area (Å²) in [6, 6.07) is 7.00. The Morgan fingerprint density at radius 2 is 1.78 bits per heavy atom. The third-order valence-electron chi connectivity index (χ3n) is 13.7. The van der Waals surface area contributed by atoms with Gasteiger partial charge in [0.15, 0.2) is 5.82 Å². The summed E-state index contributed by atoms with van der Waals surface area (Å²) in [5.41, 5.74) is -0.181. The Labute approximate surface area is 321 Å². The molecule has 0 unspecified atom stereocenters. The molecule has 2 aromatic heterocycles. The van der Waals surface area contributed by atoms with Crippen LogP contribution in [-0.2, 0) is 15.9 Å². The maximum absolute atomic E-state index is 17.2. The summed E-state index contributed by atoms with van der Waals surface area (Å²) >= 11 is 0. The molecule has 9 rings (SSSR count). The number of aromatic hydroxyl groups is 1. The zero-order valence-electron chi connectivity index (χ0n) is 32.1. The van der Waals surface area contributed by atoms with Crippen molar-refractivity contribution in [1.82, 2.24) is 19.9 Å². The molecule has 5 fully saturated rings. The van der Waals surface area contributed by atoms with Gasteiger partial charge >= 0.3 is 6.01 Å². The smallest absolute Gasteiger partial charge is 0.319 e. The fraction of sp³-hybridized carbons (Fsp3) is 0.605. The lowest BCUT2D eigenvalue weighted by Gasteiger charge is -2.51. The van der Waals surface area contributed by atoms with Crippen LogP contribution in [0.1, 0.15) is 83.6 Å². The summed E-state index contributed by atoms with van der Waals surface area (Å²) in [4.78, 5) is 19.0. The van der Waals surface area contributed by atoms with Gasteiger partial charge in [0.1, 0.15) is 34.2 Å². The number of rotatable bonds is 7. The first kappa shape index (κ1) is 36.9. The van der Waals surface area contributed by atoms with Crippen molar-refractivity contribution < 1.29 is 33.2 Å². The highest BCUT2D eigenvalue weighted by atomic mass is 19.1. The predicted molar refractivity (Wildman–Crippen MR) is 207 cm³/mol. The fourth-order valence-electron chi connectivity index (χ4n) is 10.9. The monoisotopic (exact) mass is 757 g/mol. The van der Waals surface area contributed by atoms with Crippen molar-refractivity contribution in [1.29, 1.82) is 0 Å². The van der Waals surface area contributed by atoms with Crippen LogP contribution in [0.2, 0.25) is 0 Å². The van der Waals surface area contributed by atoms with Crippen molar-refractivity contribution in [3.63, 3.8) is 0 Å². The number of piperidine rings is 1. The van der Waals surface area contributed by atoms with Crippen LogP contribution < -0.4 is 9.64 Å². The summed E-state index contributed by atoms with van der Waals surface area (Å²) in [5.74, 6) is -0.794. The van der Waals surface area contributed by atoms with Crippen molar-refractivity contribution in [2.24, 2.45) is 10.8 Å². The minimum atomic E-state index is -1.17. The molecule has 1 spiro atoms. The number of hydrogen-bond donors (Lipinski definition) is 2. The van der Waals surface area contributed by atoms with Crippen molar-refractivity contribution in [3.8, 4) is 23.0 Å². The number of phenolic OH excluding ortho intramolecular Hbond substituents is 1. The SMILES string of the molecule is CCc1c(F)ccc2cc(O)cc(-c3ncc4c(N5CCOC[C@@](C)(O)C5)nc(OC[C@]56CCC[C@H]5N(C5CCC7(CCOC7)CC5)CCC6)nc4c3F)c12. The highest BCUT2D eigenvalue weighted by Gasteiger charge is 2.51. The third kappa shape index (κ3) is 6.70. The third-order valence-corrected chi connectivity index (χ3v) is 13.7. The normalized spacial score (nSPS) is 30.3. The Balaban J connectivity index is 1.09. The van der Waals surface area contributed by atoms with Crippen molar-refractivity contribution in [3.05, 3.63) is 47.7 Å². The maximum atomic E-state index is 17.2. The molecule has 4 aromatic rings. The first-order valence-electron chi connectivity index (χ1n) is 20.4. The average molecular weight is 758 g/mol. The van der Waals surface area contributed by atoms with Gasteiger partial charge in [-0.2, -0.15) is 9.97 Å². The summed E-state index contributed by atoms with van der Waals surface area (Å²) < 4.78 is 50.6. The molecule has 0 bridgehead atoms. The number of pyridine rings is 1. The number of benzene rings is 2. The molecule has 10 nitrogen and oxygen atoms in total. The van der Waals surface area contributed by atoms with E-state index in [0.717, 1.165) is 51.9 Å². The van der Waals surface area contributed by atoms with E-state index in [9.17, 15) is 10.2 Å². The quantitative estimate of drug-likeness (QED) is 0.199. The van der Waals surface area contributed by atoms with Crippen LogP contribution in [0.15, 0.2) is 30.5 Å². The van der Waals surface area contributed by atoms with Gasteiger partial charge in [-0.05, 0) is 118 Å². The number of ether oxygens (including phenoxy) is 3. The van der Waals surface area contributed by atoms with Crippen LogP contribution in [0, 0.1) is 22.5 Å². The molecule has 5 heterocycles. The number of aryl methyl sites for hydroxylation is 1. The van der Waals surface area contributed by atoms with Crippen molar-refractivity contribution in [2.75, 3.05) is 57.6 Å². The Morgan fingerprint density at radius 3 is 2.58 bits per heavy atom. The molecule has 2 N–H and O–H groups in total. The maximum Gasteiger partial charge on any atom is 0.319 e. The number of hydrogen-bond acceptors (Lipinski definition) is 10. The van der Waals surface area contributed by atoms with E-state index in [-0.39, 0.29) is 47.1 Å². The first-order valence-corrected chi connectivity index (χ1v) is 20.4. The first-order chi connectivity index (χ1) is 26.6. The Hall–Kier alpha value is -3.71. The van der Waals surface area contributed by atoms with Crippen LogP contribution in [0.4, 0.5) is 14.6 Å². The zero-order chi connectivity index (χ0) is 38.0.